The minimum absolute atomic E-state index is 0.256. The number of carbonyl (C=O) groups excluding carboxylic acids is 1. The fraction of sp³-hybridized carbons (Fsp3) is 0.333. The SMILES string of the molecule is CC(C)=CCOC(=O)[C@H](Cc1cnc[nH]1)NCc1ccccc1. The summed E-state index contributed by atoms with van der Waals surface area (Å²) in [5.41, 5.74) is 3.15. The average molecular weight is 313 g/mol. The van der Waals surface area contributed by atoms with Crippen LogP contribution in [0.1, 0.15) is 25.1 Å². The van der Waals surface area contributed by atoms with Crippen molar-refractivity contribution in [3.05, 3.63) is 65.8 Å². The van der Waals surface area contributed by atoms with Gasteiger partial charge in [-0.2, -0.15) is 0 Å². The largest absolute Gasteiger partial charge is 0.460 e. The van der Waals surface area contributed by atoms with Crippen LogP contribution in [0.3, 0.4) is 0 Å². The molecule has 23 heavy (non-hydrogen) atoms. The summed E-state index contributed by atoms with van der Waals surface area (Å²) in [6.07, 6.45) is 5.74. The number of nitrogens with one attached hydrogen (secondary N) is 2. The molecule has 0 saturated carbocycles. The summed E-state index contributed by atoms with van der Waals surface area (Å²) in [5, 5.41) is 3.27. The first-order chi connectivity index (χ1) is 11.1. The van der Waals surface area contributed by atoms with E-state index in [0.29, 0.717) is 19.6 Å². The Kier molecular flexibility index (Phi) is 6.56. The third-order valence-electron chi connectivity index (χ3n) is 3.38. The van der Waals surface area contributed by atoms with Gasteiger partial charge in [0.2, 0.25) is 0 Å². The van der Waals surface area contributed by atoms with Crippen LogP contribution in [0, 0.1) is 0 Å². The van der Waals surface area contributed by atoms with Crippen LogP contribution in [0.15, 0.2) is 54.5 Å². The van der Waals surface area contributed by atoms with Crippen LogP contribution in [-0.2, 0) is 22.5 Å². The van der Waals surface area contributed by atoms with Gasteiger partial charge in [0.25, 0.3) is 0 Å². The molecule has 1 heterocycles. The van der Waals surface area contributed by atoms with Gasteiger partial charge in [0.1, 0.15) is 12.6 Å². The lowest BCUT2D eigenvalue weighted by molar-refractivity contribution is -0.145. The summed E-state index contributed by atoms with van der Waals surface area (Å²) in [5.74, 6) is -0.256. The predicted molar refractivity (Wildman–Crippen MR) is 89.8 cm³/mol. The molecule has 1 aromatic heterocycles. The Morgan fingerprint density at radius 2 is 2.13 bits per heavy atom. The van der Waals surface area contributed by atoms with E-state index in [4.69, 9.17) is 4.74 Å². The van der Waals surface area contributed by atoms with Crippen LogP contribution in [0.25, 0.3) is 0 Å². The number of allylic oxidation sites excluding steroid dienone is 1. The number of rotatable bonds is 8. The lowest BCUT2D eigenvalue weighted by Crippen LogP contribution is -2.39. The van der Waals surface area contributed by atoms with Crippen LogP contribution in [0.4, 0.5) is 0 Å². The Labute approximate surface area is 136 Å². The minimum atomic E-state index is -0.416. The summed E-state index contributed by atoms with van der Waals surface area (Å²) >= 11 is 0. The number of H-pyrrole nitrogens is 1. The zero-order valence-electron chi connectivity index (χ0n) is 13.6. The smallest absolute Gasteiger partial charge is 0.323 e. The van der Waals surface area contributed by atoms with Crippen molar-refractivity contribution < 1.29 is 9.53 Å². The molecule has 2 N–H and O–H groups in total. The summed E-state index contributed by atoms with van der Waals surface area (Å²) in [4.78, 5) is 19.3. The van der Waals surface area contributed by atoms with Gasteiger partial charge in [-0.1, -0.05) is 35.9 Å². The molecule has 1 atom stereocenters. The second-order valence-electron chi connectivity index (χ2n) is 5.61. The van der Waals surface area contributed by atoms with Crippen LogP contribution in [0.5, 0.6) is 0 Å². The fourth-order valence-electron chi connectivity index (χ4n) is 2.08. The Balaban J connectivity index is 1.96. The molecular weight excluding hydrogens is 290 g/mol. The van der Waals surface area contributed by atoms with Gasteiger partial charge in [0.15, 0.2) is 0 Å². The van der Waals surface area contributed by atoms with E-state index < -0.39 is 6.04 Å². The summed E-state index contributed by atoms with van der Waals surface area (Å²) < 4.78 is 5.34. The minimum Gasteiger partial charge on any atom is -0.460 e. The zero-order chi connectivity index (χ0) is 16.5. The van der Waals surface area contributed by atoms with Gasteiger partial charge in [-0.3, -0.25) is 10.1 Å². The van der Waals surface area contributed by atoms with E-state index in [0.717, 1.165) is 16.8 Å². The maximum absolute atomic E-state index is 12.3. The number of ether oxygens (including phenoxy) is 1. The molecule has 2 aromatic rings. The third kappa shape index (κ3) is 6.08. The standard InChI is InChI=1S/C18H23N3O2/c1-14(2)8-9-23-18(22)17(10-16-12-19-13-21-16)20-11-15-6-4-3-5-7-15/h3-8,12-13,17,20H,9-11H2,1-2H3,(H,19,21)/t17-/m0/s1. The van der Waals surface area contributed by atoms with Crippen molar-refractivity contribution in [3.63, 3.8) is 0 Å². The van der Waals surface area contributed by atoms with E-state index in [1.807, 2.05) is 50.3 Å². The molecule has 0 fully saturated rings. The Bertz CT molecular complexity index is 617. The van der Waals surface area contributed by atoms with E-state index in [2.05, 4.69) is 15.3 Å². The molecule has 0 aliphatic rings. The second kappa shape index (κ2) is 8.90. The number of aromatic nitrogens is 2. The first-order valence-electron chi connectivity index (χ1n) is 7.69. The Morgan fingerprint density at radius 1 is 1.35 bits per heavy atom. The Morgan fingerprint density at radius 3 is 2.78 bits per heavy atom. The lowest BCUT2D eigenvalue weighted by Gasteiger charge is -2.17. The first-order valence-corrected chi connectivity index (χ1v) is 7.69. The molecule has 0 spiro atoms. The normalized spacial score (nSPS) is 11.7. The van der Waals surface area contributed by atoms with Crippen molar-refractivity contribution >= 4 is 5.97 Å². The monoisotopic (exact) mass is 313 g/mol. The molecule has 5 heteroatoms. The topological polar surface area (TPSA) is 67.0 Å². The molecule has 2 rings (SSSR count). The van der Waals surface area contributed by atoms with E-state index in [1.54, 1.807) is 12.5 Å². The van der Waals surface area contributed by atoms with E-state index in [9.17, 15) is 4.79 Å². The maximum atomic E-state index is 12.3. The predicted octanol–water partition coefficient (Wildman–Crippen LogP) is 2.62. The molecular formula is C18H23N3O2. The van der Waals surface area contributed by atoms with Gasteiger partial charge in [0, 0.05) is 24.9 Å². The highest BCUT2D eigenvalue weighted by molar-refractivity contribution is 5.76. The molecule has 0 unspecified atom stereocenters. The maximum Gasteiger partial charge on any atom is 0.323 e. The van der Waals surface area contributed by atoms with Crippen molar-refractivity contribution in [2.75, 3.05) is 6.61 Å². The van der Waals surface area contributed by atoms with Gasteiger partial charge >= 0.3 is 5.97 Å². The van der Waals surface area contributed by atoms with Gasteiger partial charge in [-0.25, -0.2) is 4.98 Å². The zero-order valence-corrected chi connectivity index (χ0v) is 13.6. The lowest BCUT2D eigenvalue weighted by atomic mass is 10.1. The number of nitrogens with zero attached hydrogens (tertiary/aromatic N) is 1. The van der Waals surface area contributed by atoms with Crippen molar-refractivity contribution in [2.24, 2.45) is 0 Å². The quantitative estimate of drug-likeness (QED) is 0.581. The first kappa shape index (κ1) is 17.0. The number of hydrogen-bond acceptors (Lipinski definition) is 4. The molecule has 0 aliphatic carbocycles. The highest BCUT2D eigenvalue weighted by Crippen LogP contribution is 2.04. The van der Waals surface area contributed by atoms with Crippen molar-refractivity contribution in [1.29, 1.82) is 0 Å². The molecule has 0 amide bonds. The van der Waals surface area contributed by atoms with Gasteiger partial charge in [-0.15, -0.1) is 0 Å². The molecule has 0 bridgehead atoms. The third-order valence-corrected chi connectivity index (χ3v) is 3.38. The van der Waals surface area contributed by atoms with Crippen molar-refractivity contribution in [2.45, 2.75) is 32.9 Å². The highest BCUT2D eigenvalue weighted by atomic mass is 16.5. The summed E-state index contributed by atoms with van der Waals surface area (Å²) in [6.45, 7) is 4.86. The Hall–Kier alpha value is -2.40. The van der Waals surface area contributed by atoms with Crippen LogP contribution in [-0.4, -0.2) is 28.6 Å². The van der Waals surface area contributed by atoms with E-state index in [-0.39, 0.29) is 5.97 Å². The fourth-order valence-corrected chi connectivity index (χ4v) is 2.08. The average Bonchev–Trinajstić information content (AvgIpc) is 3.05. The highest BCUT2D eigenvalue weighted by Gasteiger charge is 2.20. The molecule has 122 valence electrons. The van der Waals surface area contributed by atoms with Crippen molar-refractivity contribution in [3.8, 4) is 0 Å². The molecule has 0 saturated heterocycles. The second-order valence-corrected chi connectivity index (χ2v) is 5.61. The summed E-state index contributed by atoms with van der Waals surface area (Å²) in [7, 11) is 0. The van der Waals surface area contributed by atoms with Crippen LogP contribution < -0.4 is 5.32 Å². The molecule has 0 radical (unpaired) electrons. The number of imidazole rings is 1. The van der Waals surface area contributed by atoms with Crippen LogP contribution >= 0.6 is 0 Å². The number of carbonyl (C=O) groups is 1. The number of esters is 1. The van der Waals surface area contributed by atoms with E-state index in [1.165, 1.54) is 0 Å². The van der Waals surface area contributed by atoms with Crippen molar-refractivity contribution in [1.82, 2.24) is 15.3 Å². The number of aromatic amines is 1. The molecule has 1 aromatic carbocycles. The van der Waals surface area contributed by atoms with Gasteiger partial charge < -0.3 is 9.72 Å². The van der Waals surface area contributed by atoms with Gasteiger partial charge in [0.05, 0.1) is 6.33 Å². The van der Waals surface area contributed by atoms with E-state index >= 15 is 0 Å². The molecule has 5 nitrogen and oxygen atoms in total. The van der Waals surface area contributed by atoms with Gasteiger partial charge in [-0.05, 0) is 25.5 Å². The summed E-state index contributed by atoms with van der Waals surface area (Å²) in [6, 6.07) is 9.56. The number of benzene rings is 1. The van der Waals surface area contributed by atoms with Crippen LogP contribution in [0.2, 0.25) is 0 Å². The molecule has 0 aliphatic heterocycles. The number of hydrogen-bond donors (Lipinski definition) is 2.